The second kappa shape index (κ2) is 9.10. The number of aromatic nitrogens is 2. The molecule has 2 aliphatic rings. The Morgan fingerprint density at radius 3 is 2.52 bits per heavy atom. The second-order valence-corrected chi connectivity index (χ2v) is 8.90. The van der Waals surface area contributed by atoms with Gasteiger partial charge in [-0.2, -0.15) is 4.98 Å². The number of aryl methyl sites for hydroxylation is 1. The number of amides is 1. The van der Waals surface area contributed by atoms with Crippen LogP contribution in [0.5, 0.6) is 5.75 Å². The minimum absolute atomic E-state index is 0.178. The number of nitrogens with zero attached hydrogens (tertiary/aromatic N) is 3. The zero-order valence-electron chi connectivity index (χ0n) is 18.9. The fourth-order valence-corrected chi connectivity index (χ4v) is 4.66. The standard InChI is InChI=1S/C26H29N5O2/c1-19-17-28-25(30-23(19)31-15-12-26(13-16-31)11-14-27-24(26)32)29-21-7-9-22(10-8-21)33-18-20-5-3-2-4-6-20/h2-10,17H,11-16,18H2,1H3,(H,27,32)(H,28,29,30). The molecule has 7 nitrogen and oxygen atoms in total. The van der Waals surface area contributed by atoms with Gasteiger partial charge in [0, 0.05) is 37.1 Å². The van der Waals surface area contributed by atoms with Gasteiger partial charge in [-0.25, -0.2) is 4.98 Å². The Kier molecular flexibility index (Phi) is 5.86. The van der Waals surface area contributed by atoms with Crippen LogP contribution in [0.25, 0.3) is 0 Å². The van der Waals surface area contributed by atoms with Crippen LogP contribution in [0.15, 0.2) is 60.8 Å². The lowest BCUT2D eigenvalue weighted by Gasteiger charge is -2.38. The number of nitrogens with one attached hydrogen (secondary N) is 2. The van der Waals surface area contributed by atoms with Crippen molar-refractivity contribution in [2.24, 2.45) is 5.41 Å². The summed E-state index contributed by atoms with van der Waals surface area (Å²) in [7, 11) is 0. The molecule has 5 rings (SSSR count). The van der Waals surface area contributed by atoms with Crippen molar-refractivity contribution in [2.75, 3.05) is 29.9 Å². The molecular weight excluding hydrogens is 414 g/mol. The maximum absolute atomic E-state index is 12.3. The number of piperidine rings is 1. The van der Waals surface area contributed by atoms with Crippen LogP contribution < -0.4 is 20.3 Å². The zero-order chi connectivity index (χ0) is 22.7. The van der Waals surface area contributed by atoms with Crippen molar-refractivity contribution in [3.05, 3.63) is 71.9 Å². The summed E-state index contributed by atoms with van der Waals surface area (Å²) in [6.07, 6.45) is 4.54. The van der Waals surface area contributed by atoms with E-state index in [4.69, 9.17) is 9.72 Å². The number of carbonyl (C=O) groups excluding carboxylic acids is 1. The van der Waals surface area contributed by atoms with Crippen LogP contribution in [0.3, 0.4) is 0 Å². The Morgan fingerprint density at radius 1 is 1.06 bits per heavy atom. The Labute approximate surface area is 194 Å². The van der Waals surface area contributed by atoms with Crippen LogP contribution in [0.4, 0.5) is 17.5 Å². The molecule has 0 saturated carbocycles. The topological polar surface area (TPSA) is 79.4 Å². The Hall–Kier alpha value is -3.61. The number of ether oxygens (including phenoxy) is 1. The average molecular weight is 444 g/mol. The molecule has 0 aliphatic carbocycles. The highest BCUT2D eigenvalue weighted by molar-refractivity contribution is 5.85. The molecule has 2 aromatic carbocycles. The molecule has 0 unspecified atom stereocenters. The summed E-state index contributed by atoms with van der Waals surface area (Å²) in [4.78, 5) is 23.8. The lowest BCUT2D eigenvalue weighted by molar-refractivity contribution is -0.128. The predicted octanol–water partition coefficient (Wildman–Crippen LogP) is 4.21. The summed E-state index contributed by atoms with van der Waals surface area (Å²) in [5, 5.41) is 6.30. The average Bonchev–Trinajstić information content (AvgIpc) is 3.20. The largest absolute Gasteiger partial charge is 0.489 e. The predicted molar refractivity (Wildman–Crippen MR) is 129 cm³/mol. The molecule has 33 heavy (non-hydrogen) atoms. The van der Waals surface area contributed by atoms with Crippen LogP contribution in [0.2, 0.25) is 0 Å². The quantitative estimate of drug-likeness (QED) is 0.594. The molecule has 2 aliphatic heterocycles. The Morgan fingerprint density at radius 2 is 1.82 bits per heavy atom. The van der Waals surface area contributed by atoms with Gasteiger partial charge in [0.2, 0.25) is 11.9 Å². The summed E-state index contributed by atoms with van der Waals surface area (Å²) in [6, 6.07) is 17.9. The van der Waals surface area contributed by atoms with E-state index in [1.165, 1.54) is 0 Å². The Bertz CT molecular complexity index is 1110. The van der Waals surface area contributed by atoms with Crippen molar-refractivity contribution in [3.63, 3.8) is 0 Å². The van der Waals surface area contributed by atoms with Gasteiger partial charge in [0.15, 0.2) is 0 Å². The van der Waals surface area contributed by atoms with E-state index in [2.05, 4.69) is 20.5 Å². The summed E-state index contributed by atoms with van der Waals surface area (Å²) in [5.41, 5.74) is 2.90. The molecule has 7 heteroatoms. The first-order chi connectivity index (χ1) is 16.1. The number of benzene rings is 2. The molecule has 0 radical (unpaired) electrons. The van der Waals surface area contributed by atoms with E-state index >= 15 is 0 Å². The molecule has 1 spiro atoms. The fourth-order valence-electron chi connectivity index (χ4n) is 4.66. The maximum Gasteiger partial charge on any atom is 0.229 e. The molecule has 2 N–H and O–H groups in total. The van der Waals surface area contributed by atoms with Crippen LogP contribution in [-0.2, 0) is 11.4 Å². The van der Waals surface area contributed by atoms with E-state index in [1.54, 1.807) is 0 Å². The third-order valence-corrected chi connectivity index (χ3v) is 6.69. The molecule has 0 atom stereocenters. The van der Waals surface area contributed by atoms with Gasteiger partial charge < -0.3 is 20.3 Å². The van der Waals surface area contributed by atoms with Crippen LogP contribution in [0.1, 0.15) is 30.4 Å². The number of carbonyl (C=O) groups is 1. The summed E-state index contributed by atoms with van der Waals surface area (Å²) in [5.74, 6) is 2.53. The number of anilines is 3. The van der Waals surface area contributed by atoms with E-state index < -0.39 is 0 Å². The van der Waals surface area contributed by atoms with Crippen molar-refractivity contribution in [1.82, 2.24) is 15.3 Å². The smallest absolute Gasteiger partial charge is 0.229 e. The van der Waals surface area contributed by atoms with Crippen LogP contribution >= 0.6 is 0 Å². The summed E-state index contributed by atoms with van der Waals surface area (Å²) in [6.45, 7) is 5.04. The monoisotopic (exact) mass is 443 g/mol. The van der Waals surface area contributed by atoms with Crippen LogP contribution in [-0.4, -0.2) is 35.5 Å². The molecule has 1 amide bonds. The molecule has 170 valence electrons. The van der Waals surface area contributed by atoms with Crippen molar-refractivity contribution < 1.29 is 9.53 Å². The highest BCUT2D eigenvalue weighted by atomic mass is 16.5. The van der Waals surface area contributed by atoms with Gasteiger partial charge in [-0.1, -0.05) is 30.3 Å². The molecule has 3 heterocycles. The minimum Gasteiger partial charge on any atom is -0.489 e. The molecule has 2 fully saturated rings. The second-order valence-electron chi connectivity index (χ2n) is 8.90. The minimum atomic E-state index is -0.178. The Balaban J connectivity index is 1.22. The van der Waals surface area contributed by atoms with Gasteiger partial charge in [-0.15, -0.1) is 0 Å². The van der Waals surface area contributed by atoms with Gasteiger partial charge in [0.25, 0.3) is 0 Å². The first-order valence-corrected chi connectivity index (χ1v) is 11.5. The molecule has 1 aromatic heterocycles. The zero-order valence-corrected chi connectivity index (χ0v) is 18.9. The molecule has 3 aromatic rings. The first kappa shape index (κ1) is 21.2. The van der Waals surface area contributed by atoms with E-state index in [0.717, 1.165) is 67.3 Å². The van der Waals surface area contributed by atoms with Gasteiger partial charge in [-0.3, -0.25) is 4.79 Å². The van der Waals surface area contributed by atoms with E-state index in [9.17, 15) is 4.79 Å². The lowest BCUT2D eigenvalue weighted by atomic mass is 9.77. The van der Waals surface area contributed by atoms with Crippen molar-refractivity contribution >= 4 is 23.4 Å². The third kappa shape index (κ3) is 4.62. The van der Waals surface area contributed by atoms with Gasteiger partial charge in [-0.05, 0) is 56.0 Å². The highest BCUT2D eigenvalue weighted by Crippen LogP contribution is 2.39. The lowest BCUT2D eigenvalue weighted by Crippen LogP contribution is -2.44. The number of rotatable bonds is 6. The SMILES string of the molecule is Cc1cnc(Nc2ccc(OCc3ccccc3)cc2)nc1N1CCC2(CCNC2=O)CC1. The summed E-state index contributed by atoms with van der Waals surface area (Å²) >= 11 is 0. The molecular formula is C26H29N5O2. The van der Waals surface area contributed by atoms with Crippen molar-refractivity contribution in [1.29, 1.82) is 0 Å². The maximum atomic E-state index is 12.3. The summed E-state index contributed by atoms with van der Waals surface area (Å²) < 4.78 is 5.86. The number of hydrogen-bond donors (Lipinski definition) is 2. The highest BCUT2D eigenvalue weighted by Gasteiger charge is 2.44. The van der Waals surface area contributed by atoms with Gasteiger partial charge in [0.1, 0.15) is 18.2 Å². The first-order valence-electron chi connectivity index (χ1n) is 11.5. The third-order valence-electron chi connectivity index (χ3n) is 6.69. The van der Waals surface area contributed by atoms with E-state index in [0.29, 0.717) is 12.6 Å². The fraction of sp³-hybridized carbons (Fsp3) is 0.346. The van der Waals surface area contributed by atoms with E-state index in [1.807, 2.05) is 67.7 Å². The van der Waals surface area contributed by atoms with Crippen molar-refractivity contribution in [2.45, 2.75) is 32.8 Å². The van der Waals surface area contributed by atoms with Gasteiger partial charge in [0.05, 0.1) is 5.41 Å². The van der Waals surface area contributed by atoms with E-state index in [-0.39, 0.29) is 11.3 Å². The van der Waals surface area contributed by atoms with Gasteiger partial charge >= 0.3 is 0 Å². The normalized spacial score (nSPS) is 17.1. The molecule has 0 bridgehead atoms. The van der Waals surface area contributed by atoms with Crippen molar-refractivity contribution in [3.8, 4) is 5.75 Å². The number of hydrogen-bond acceptors (Lipinski definition) is 6. The molecule has 2 saturated heterocycles. The van der Waals surface area contributed by atoms with Crippen LogP contribution in [0, 0.1) is 12.3 Å².